The van der Waals surface area contributed by atoms with Crippen LogP contribution in [0.25, 0.3) is 0 Å². The molecule has 0 bridgehead atoms. The highest BCUT2D eigenvalue weighted by molar-refractivity contribution is 7.89. The van der Waals surface area contributed by atoms with Gasteiger partial charge in [-0.15, -0.1) is 0 Å². The number of hydrogen-bond acceptors (Lipinski definition) is 6. The Kier molecular flexibility index (Phi) is 5.14. The minimum atomic E-state index is -4.42. The van der Waals surface area contributed by atoms with E-state index in [1.165, 1.54) is 7.11 Å². The van der Waals surface area contributed by atoms with E-state index in [1.54, 1.807) is 0 Å². The van der Waals surface area contributed by atoms with Crippen molar-refractivity contribution in [3.63, 3.8) is 0 Å². The molecular formula is C15H14FNO7S. The normalized spacial score (nSPS) is 12.6. The second-order valence-corrected chi connectivity index (χ2v) is 6.69. The molecule has 2 rings (SSSR count). The number of aliphatic carboxylic acids is 1. The van der Waals surface area contributed by atoms with Crippen LogP contribution in [0.3, 0.4) is 0 Å². The molecule has 0 saturated carbocycles. The molecule has 1 atom stereocenters. The number of hydrogen-bond donors (Lipinski definition) is 4. The van der Waals surface area contributed by atoms with Gasteiger partial charge in [0.2, 0.25) is 10.0 Å². The number of phenols is 2. The van der Waals surface area contributed by atoms with Crippen molar-refractivity contribution in [2.24, 2.45) is 0 Å². The number of benzene rings is 2. The fraction of sp³-hybridized carbons (Fsp3) is 0.133. The predicted octanol–water partition coefficient (Wildman–Crippen LogP) is 1.35. The first-order valence-corrected chi connectivity index (χ1v) is 8.24. The molecule has 25 heavy (non-hydrogen) atoms. The Hall–Kier alpha value is -2.85. The van der Waals surface area contributed by atoms with Gasteiger partial charge in [-0.3, -0.25) is 4.79 Å². The first-order valence-electron chi connectivity index (χ1n) is 6.75. The molecule has 8 nitrogen and oxygen atoms in total. The number of ether oxygens (including phenoxy) is 1. The molecule has 0 aliphatic carbocycles. The summed E-state index contributed by atoms with van der Waals surface area (Å²) in [6.45, 7) is 0. The Balaban J connectivity index is 2.41. The van der Waals surface area contributed by atoms with Crippen molar-refractivity contribution in [2.75, 3.05) is 7.11 Å². The summed E-state index contributed by atoms with van der Waals surface area (Å²) < 4.78 is 45.0. The molecule has 0 aliphatic rings. The van der Waals surface area contributed by atoms with E-state index in [0.29, 0.717) is 6.07 Å². The third-order valence-corrected chi connectivity index (χ3v) is 4.63. The van der Waals surface area contributed by atoms with Gasteiger partial charge in [-0.1, -0.05) is 0 Å². The Labute approximate surface area is 142 Å². The van der Waals surface area contributed by atoms with Crippen LogP contribution in [0.15, 0.2) is 41.3 Å². The minimum Gasteiger partial charge on any atom is -0.508 e. The Bertz CT molecular complexity index is 894. The second kappa shape index (κ2) is 6.95. The van der Waals surface area contributed by atoms with Gasteiger partial charge >= 0.3 is 5.97 Å². The molecule has 4 N–H and O–H groups in total. The molecule has 0 fully saturated rings. The van der Waals surface area contributed by atoms with E-state index in [4.69, 9.17) is 0 Å². The van der Waals surface area contributed by atoms with Crippen molar-refractivity contribution < 1.29 is 37.7 Å². The number of nitrogens with one attached hydrogen (secondary N) is 1. The van der Waals surface area contributed by atoms with E-state index in [1.807, 2.05) is 4.72 Å². The van der Waals surface area contributed by atoms with Gasteiger partial charge in [0.25, 0.3) is 0 Å². The van der Waals surface area contributed by atoms with Gasteiger partial charge in [0, 0.05) is 6.07 Å². The Morgan fingerprint density at radius 3 is 2.24 bits per heavy atom. The lowest BCUT2D eigenvalue weighted by Crippen LogP contribution is -2.33. The molecule has 134 valence electrons. The zero-order chi connectivity index (χ0) is 18.8. The summed E-state index contributed by atoms with van der Waals surface area (Å²) in [6.07, 6.45) is 0. The summed E-state index contributed by atoms with van der Waals surface area (Å²) in [6, 6.07) is 3.91. The highest BCUT2D eigenvalue weighted by Crippen LogP contribution is 2.27. The summed E-state index contributed by atoms with van der Waals surface area (Å²) in [7, 11) is -3.21. The van der Waals surface area contributed by atoms with E-state index in [0.717, 1.165) is 30.3 Å². The summed E-state index contributed by atoms with van der Waals surface area (Å²) in [5.74, 6) is -3.59. The molecule has 0 spiro atoms. The molecule has 2 aromatic rings. The topological polar surface area (TPSA) is 133 Å². The lowest BCUT2D eigenvalue weighted by Gasteiger charge is -2.16. The van der Waals surface area contributed by atoms with Crippen LogP contribution in [0.1, 0.15) is 11.6 Å². The molecule has 0 heterocycles. The maximum Gasteiger partial charge on any atom is 0.326 e. The van der Waals surface area contributed by atoms with Crippen molar-refractivity contribution in [3.8, 4) is 17.2 Å². The Morgan fingerprint density at radius 2 is 1.76 bits per heavy atom. The number of methoxy groups -OCH3 is 1. The number of halogens is 1. The van der Waals surface area contributed by atoms with Crippen LogP contribution in [-0.4, -0.2) is 36.8 Å². The average molecular weight is 371 g/mol. The monoisotopic (exact) mass is 371 g/mol. The van der Waals surface area contributed by atoms with Gasteiger partial charge in [0.15, 0.2) is 11.6 Å². The zero-order valence-electron chi connectivity index (χ0n) is 12.8. The van der Waals surface area contributed by atoms with Gasteiger partial charge in [-0.25, -0.2) is 12.8 Å². The van der Waals surface area contributed by atoms with E-state index in [2.05, 4.69) is 4.74 Å². The summed E-state index contributed by atoms with van der Waals surface area (Å²) in [5.41, 5.74) is -0.206. The van der Waals surface area contributed by atoms with Crippen LogP contribution in [0.4, 0.5) is 4.39 Å². The maximum atomic E-state index is 13.7. The van der Waals surface area contributed by atoms with Crippen molar-refractivity contribution in [1.82, 2.24) is 4.72 Å². The molecule has 0 saturated heterocycles. The number of carbonyl (C=O) groups is 1. The fourth-order valence-electron chi connectivity index (χ4n) is 2.08. The van der Waals surface area contributed by atoms with Crippen LogP contribution in [-0.2, 0) is 14.8 Å². The largest absolute Gasteiger partial charge is 0.508 e. The molecule has 2 aromatic carbocycles. The second-order valence-electron chi connectivity index (χ2n) is 4.97. The molecule has 1 unspecified atom stereocenters. The number of phenolic OH excluding ortho intramolecular Hbond substituents is 2. The smallest absolute Gasteiger partial charge is 0.326 e. The van der Waals surface area contributed by atoms with Gasteiger partial charge in [0.1, 0.15) is 17.5 Å². The van der Waals surface area contributed by atoms with Crippen LogP contribution >= 0.6 is 0 Å². The highest BCUT2D eigenvalue weighted by Gasteiger charge is 2.28. The van der Waals surface area contributed by atoms with Gasteiger partial charge in [-0.2, -0.15) is 4.72 Å². The predicted molar refractivity (Wildman–Crippen MR) is 83.4 cm³/mol. The molecule has 0 aromatic heterocycles. The van der Waals surface area contributed by atoms with Crippen LogP contribution < -0.4 is 9.46 Å². The van der Waals surface area contributed by atoms with E-state index < -0.39 is 44.2 Å². The van der Waals surface area contributed by atoms with Gasteiger partial charge < -0.3 is 20.1 Å². The SMILES string of the molecule is COc1ccc(S(=O)(=O)NC(C(=O)O)c2cc(O)cc(O)c2)cc1F. The molecule has 0 aliphatic heterocycles. The van der Waals surface area contributed by atoms with Crippen molar-refractivity contribution in [3.05, 3.63) is 47.8 Å². The summed E-state index contributed by atoms with van der Waals surface area (Å²) in [4.78, 5) is 10.9. The molecule has 0 radical (unpaired) electrons. The lowest BCUT2D eigenvalue weighted by atomic mass is 10.1. The standard InChI is InChI=1S/C15H14FNO7S/c1-24-13-3-2-11(7-12(13)16)25(22,23)17-14(15(20)21)8-4-9(18)6-10(19)5-8/h2-7,14,17-19H,1H3,(H,20,21). The summed E-state index contributed by atoms with van der Waals surface area (Å²) in [5, 5.41) is 28.2. The lowest BCUT2D eigenvalue weighted by molar-refractivity contribution is -0.139. The fourth-order valence-corrected chi connectivity index (χ4v) is 3.27. The highest BCUT2D eigenvalue weighted by atomic mass is 32.2. The minimum absolute atomic E-state index is 0.174. The zero-order valence-corrected chi connectivity index (χ0v) is 13.6. The quantitative estimate of drug-likeness (QED) is 0.602. The molecule has 0 amide bonds. The third kappa shape index (κ3) is 4.17. The molecular weight excluding hydrogens is 357 g/mol. The first kappa shape index (κ1) is 18.5. The van der Waals surface area contributed by atoms with E-state index in [-0.39, 0.29) is 11.3 Å². The maximum absolute atomic E-state index is 13.7. The van der Waals surface area contributed by atoms with Crippen LogP contribution in [0, 0.1) is 5.82 Å². The average Bonchev–Trinajstić information content (AvgIpc) is 2.51. The summed E-state index contributed by atoms with van der Waals surface area (Å²) >= 11 is 0. The van der Waals surface area contributed by atoms with Crippen LogP contribution in [0.2, 0.25) is 0 Å². The van der Waals surface area contributed by atoms with E-state index in [9.17, 15) is 32.9 Å². The number of rotatable bonds is 6. The van der Waals surface area contributed by atoms with Crippen molar-refractivity contribution in [2.45, 2.75) is 10.9 Å². The number of aromatic hydroxyl groups is 2. The number of sulfonamides is 1. The number of carboxylic acids is 1. The van der Waals surface area contributed by atoms with Crippen LogP contribution in [0.5, 0.6) is 17.2 Å². The third-order valence-electron chi connectivity index (χ3n) is 3.21. The van der Waals surface area contributed by atoms with E-state index >= 15 is 0 Å². The van der Waals surface area contributed by atoms with Crippen molar-refractivity contribution >= 4 is 16.0 Å². The van der Waals surface area contributed by atoms with Crippen molar-refractivity contribution in [1.29, 1.82) is 0 Å². The van der Waals surface area contributed by atoms with Gasteiger partial charge in [-0.05, 0) is 35.9 Å². The Morgan fingerprint density at radius 1 is 1.16 bits per heavy atom. The molecule has 10 heteroatoms. The first-order chi connectivity index (χ1) is 11.6. The number of carboxylic acid groups (broad SMARTS) is 1. The van der Waals surface area contributed by atoms with Gasteiger partial charge in [0.05, 0.1) is 12.0 Å².